The average Bonchev–Trinajstić information content (AvgIpc) is 3.18. The molecule has 0 unspecified atom stereocenters. The van der Waals surface area contributed by atoms with Gasteiger partial charge in [-0.25, -0.2) is 0 Å². The van der Waals surface area contributed by atoms with E-state index in [4.69, 9.17) is 0 Å². The first-order valence-electron chi connectivity index (χ1n) is 8.64. The van der Waals surface area contributed by atoms with E-state index in [-0.39, 0.29) is 23.8 Å². The lowest BCUT2D eigenvalue weighted by Crippen LogP contribution is -2.47. The molecule has 2 saturated heterocycles. The number of likely N-dealkylation sites (N-methyl/N-ethyl adjacent to an activating group) is 1. The van der Waals surface area contributed by atoms with Crippen LogP contribution in [0.25, 0.3) is 0 Å². The second-order valence-electron chi connectivity index (χ2n) is 7.36. The first kappa shape index (κ1) is 17.4. The van der Waals surface area contributed by atoms with E-state index in [9.17, 15) is 9.59 Å². The van der Waals surface area contributed by atoms with Crippen molar-refractivity contribution in [2.45, 2.75) is 31.8 Å². The van der Waals surface area contributed by atoms with Gasteiger partial charge in [0, 0.05) is 37.5 Å². The van der Waals surface area contributed by atoms with E-state index in [0.717, 1.165) is 18.0 Å². The summed E-state index contributed by atoms with van der Waals surface area (Å²) in [6.45, 7) is 3.82. The van der Waals surface area contributed by atoms with E-state index >= 15 is 0 Å². The quantitative estimate of drug-likeness (QED) is 0.839. The topological polar surface area (TPSA) is 43.9 Å². The van der Waals surface area contributed by atoms with Crippen LogP contribution < -0.4 is 0 Å². The van der Waals surface area contributed by atoms with Crippen molar-refractivity contribution >= 4 is 23.2 Å². The van der Waals surface area contributed by atoms with Gasteiger partial charge in [0.05, 0.1) is 12.0 Å². The molecule has 0 spiro atoms. The largest absolute Gasteiger partial charge is 0.340 e. The number of rotatable bonds is 3. The Bertz CT molecular complexity index is 601. The molecule has 2 amide bonds. The van der Waals surface area contributed by atoms with E-state index in [1.165, 1.54) is 0 Å². The molecule has 1 aromatic heterocycles. The fourth-order valence-electron chi connectivity index (χ4n) is 4.18. The summed E-state index contributed by atoms with van der Waals surface area (Å²) in [5.74, 6) is 0.703. The number of thiophene rings is 1. The van der Waals surface area contributed by atoms with Crippen molar-refractivity contribution in [3.8, 4) is 0 Å². The van der Waals surface area contributed by atoms with Crippen molar-refractivity contribution in [3.63, 3.8) is 0 Å². The molecule has 6 heteroatoms. The number of hydrogen-bond donors (Lipinski definition) is 0. The van der Waals surface area contributed by atoms with Crippen LogP contribution in [0.4, 0.5) is 0 Å². The summed E-state index contributed by atoms with van der Waals surface area (Å²) in [5.41, 5.74) is 0. The summed E-state index contributed by atoms with van der Waals surface area (Å²) in [6, 6.07) is 4.33. The van der Waals surface area contributed by atoms with Crippen LogP contribution in [0.3, 0.4) is 0 Å². The molecule has 2 fully saturated rings. The molecule has 1 aromatic rings. The molecule has 0 aromatic carbocycles. The fourth-order valence-corrected chi connectivity index (χ4v) is 5.11. The van der Waals surface area contributed by atoms with Crippen LogP contribution in [0.2, 0.25) is 0 Å². The van der Waals surface area contributed by atoms with Gasteiger partial charge in [-0.15, -0.1) is 11.3 Å². The van der Waals surface area contributed by atoms with Gasteiger partial charge in [0.1, 0.15) is 0 Å². The van der Waals surface area contributed by atoms with Gasteiger partial charge < -0.3 is 14.7 Å². The Morgan fingerprint density at radius 3 is 2.67 bits per heavy atom. The minimum Gasteiger partial charge on any atom is -0.340 e. The number of carbonyl (C=O) groups excluding carboxylic acids is 2. The molecule has 0 saturated carbocycles. The number of amides is 2. The van der Waals surface area contributed by atoms with Crippen molar-refractivity contribution in [3.05, 3.63) is 22.4 Å². The average molecular weight is 350 g/mol. The molecule has 132 valence electrons. The van der Waals surface area contributed by atoms with E-state index in [1.807, 2.05) is 29.5 Å². The SMILES string of the molecule is C[C@@H]1CN(C(=O)[C@@H]2CCC(=O)N(C)[C@@H]2c2cccs2)C[C@H]1N(C)C. The molecular formula is C18H27N3O2S. The first-order chi connectivity index (χ1) is 11.4. The third-order valence-corrected chi connectivity index (χ3v) is 6.50. The molecule has 2 aliphatic heterocycles. The van der Waals surface area contributed by atoms with Gasteiger partial charge in [0.25, 0.3) is 0 Å². The number of carbonyl (C=O) groups is 2. The summed E-state index contributed by atoms with van der Waals surface area (Å²) in [7, 11) is 5.99. The van der Waals surface area contributed by atoms with Crippen LogP contribution in [0.5, 0.6) is 0 Å². The van der Waals surface area contributed by atoms with Crippen LogP contribution in [0.1, 0.15) is 30.7 Å². The smallest absolute Gasteiger partial charge is 0.228 e. The Hall–Kier alpha value is -1.40. The maximum absolute atomic E-state index is 13.2. The highest BCUT2D eigenvalue weighted by Crippen LogP contribution is 2.39. The Balaban J connectivity index is 1.81. The maximum Gasteiger partial charge on any atom is 0.228 e. The molecule has 0 aliphatic carbocycles. The lowest BCUT2D eigenvalue weighted by molar-refractivity contribution is -0.146. The summed E-state index contributed by atoms with van der Waals surface area (Å²) in [5, 5.41) is 2.02. The summed E-state index contributed by atoms with van der Waals surface area (Å²) >= 11 is 1.63. The number of hydrogen-bond acceptors (Lipinski definition) is 4. The van der Waals surface area contributed by atoms with Gasteiger partial charge >= 0.3 is 0 Å². The van der Waals surface area contributed by atoms with Crippen molar-refractivity contribution in [1.29, 1.82) is 0 Å². The van der Waals surface area contributed by atoms with Crippen molar-refractivity contribution in [2.75, 3.05) is 34.2 Å². The summed E-state index contributed by atoms with van der Waals surface area (Å²) in [4.78, 5) is 32.5. The van der Waals surface area contributed by atoms with Crippen LogP contribution in [-0.2, 0) is 9.59 Å². The molecule has 3 heterocycles. The third kappa shape index (κ3) is 3.09. The zero-order valence-corrected chi connectivity index (χ0v) is 15.8. The second-order valence-corrected chi connectivity index (χ2v) is 8.34. The van der Waals surface area contributed by atoms with Gasteiger partial charge in [-0.1, -0.05) is 13.0 Å². The molecule has 4 atom stereocenters. The van der Waals surface area contributed by atoms with E-state index in [2.05, 4.69) is 25.9 Å². The van der Waals surface area contributed by atoms with E-state index in [1.54, 1.807) is 16.2 Å². The second kappa shape index (κ2) is 6.84. The Morgan fingerprint density at radius 2 is 2.08 bits per heavy atom. The fraction of sp³-hybridized carbons (Fsp3) is 0.667. The van der Waals surface area contributed by atoms with E-state index in [0.29, 0.717) is 24.8 Å². The lowest BCUT2D eigenvalue weighted by Gasteiger charge is -2.39. The molecule has 2 aliphatic rings. The predicted molar refractivity (Wildman–Crippen MR) is 95.8 cm³/mol. The third-order valence-electron chi connectivity index (χ3n) is 5.56. The van der Waals surface area contributed by atoms with Crippen LogP contribution in [0.15, 0.2) is 17.5 Å². The van der Waals surface area contributed by atoms with Crippen molar-refractivity contribution < 1.29 is 9.59 Å². The highest BCUT2D eigenvalue weighted by molar-refractivity contribution is 7.10. The van der Waals surface area contributed by atoms with Gasteiger partial charge in [0.15, 0.2) is 0 Å². The first-order valence-corrected chi connectivity index (χ1v) is 9.52. The molecule has 5 nitrogen and oxygen atoms in total. The minimum absolute atomic E-state index is 0.118. The lowest BCUT2D eigenvalue weighted by atomic mass is 9.87. The van der Waals surface area contributed by atoms with Crippen LogP contribution >= 0.6 is 11.3 Å². The van der Waals surface area contributed by atoms with E-state index < -0.39 is 0 Å². The minimum atomic E-state index is -0.125. The molecule has 24 heavy (non-hydrogen) atoms. The summed E-state index contributed by atoms with van der Waals surface area (Å²) < 4.78 is 0. The standard InChI is InChI=1S/C18H27N3O2S/c1-12-10-21(11-14(12)19(2)3)18(23)13-7-8-16(22)20(4)17(13)15-6-5-9-24-15/h5-6,9,12-14,17H,7-8,10-11H2,1-4H3/t12-,13-,14-,17+/m1/s1. The Morgan fingerprint density at radius 1 is 1.33 bits per heavy atom. The molecule has 0 N–H and O–H groups in total. The van der Waals surface area contributed by atoms with Crippen LogP contribution in [-0.4, -0.2) is 66.8 Å². The molecule has 0 bridgehead atoms. The molecular weight excluding hydrogens is 322 g/mol. The summed E-state index contributed by atoms with van der Waals surface area (Å²) in [6.07, 6.45) is 1.12. The maximum atomic E-state index is 13.2. The molecule has 0 radical (unpaired) electrons. The molecule has 3 rings (SSSR count). The normalized spacial score (nSPS) is 31.1. The highest BCUT2D eigenvalue weighted by atomic mass is 32.1. The van der Waals surface area contributed by atoms with Crippen molar-refractivity contribution in [1.82, 2.24) is 14.7 Å². The number of likely N-dealkylation sites (tertiary alicyclic amines) is 2. The monoisotopic (exact) mass is 349 g/mol. The van der Waals surface area contributed by atoms with Gasteiger partial charge in [0.2, 0.25) is 11.8 Å². The van der Waals surface area contributed by atoms with Gasteiger partial charge in [-0.3, -0.25) is 9.59 Å². The predicted octanol–water partition coefficient (Wildman–Crippen LogP) is 2.07. The highest BCUT2D eigenvalue weighted by Gasteiger charge is 2.43. The van der Waals surface area contributed by atoms with Crippen molar-refractivity contribution in [2.24, 2.45) is 11.8 Å². The Labute approximate surface area is 148 Å². The number of piperidine rings is 1. The Kier molecular flexibility index (Phi) is 4.97. The number of nitrogens with zero attached hydrogens (tertiary/aromatic N) is 3. The van der Waals surface area contributed by atoms with Gasteiger partial charge in [-0.2, -0.15) is 0 Å². The van der Waals surface area contributed by atoms with Gasteiger partial charge in [-0.05, 0) is 37.9 Å². The van der Waals surface area contributed by atoms with Crippen LogP contribution in [0, 0.1) is 11.8 Å². The zero-order chi connectivity index (χ0) is 17.4. The zero-order valence-electron chi connectivity index (χ0n) is 14.9.